The first-order chi connectivity index (χ1) is 11.6. The first-order valence-electron chi connectivity index (χ1n) is 7.59. The molecule has 118 valence electrons. The van der Waals surface area contributed by atoms with Gasteiger partial charge in [-0.3, -0.25) is 0 Å². The van der Waals surface area contributed by atoms with E-state index in [1.807, 2.05) is 56.3 Å². The molecule has 0 amide bonds. The summed E-state index contributed by atoms with van der Waals surface area (Å²) in [5, 5.41) is 15.3. The Balaban J connectivity index is 1.83. The molecule has 2 aromatic carbocycles. The number of hydrogen-bond donors (Lipinski definition) is 2. The van der Waals surface area contributed by atoms with Crippen molar-refractivity contribution in [2.75, 3.05) is 10.6 Å². The monoisotopic (exact) mass is 315 g/mol. The lowest BCUT2D eigenvalue weighted by Crippen LogP contribution is -2.03. The van der Waals surface area contributed by atoms with Crippen LogP contribution in [0, 0.1) is 25.2 Å². The molecule has 0 unspecified atom stereocenters. The number of benzene rings is 2. The standard InChI is InChI=1S/C19H17N5/c1-13-5-3-4-6-17(13)23-19-21-14(2)11-18(24-19)22-16-9-7-15(12-20)8-10-16/h3-11H,1-2H3,(H2,21,22,23,24). The minimum absolute atomic E-state index is 0.542. The van der Waals surface area contributed by atoms with Crippen molar-refractivity contribution in [2.24, 2.45) is 0 Å². The quantitative estimate of drug-likeness (QED) is 0.744. The first-order valence-corrected chi connectivity index (χ1v) is 7.59. The average Bonchev–Trinajstić information content (AvgIpc) is 2.57. The molecule has 0 saturated heterocycles. The van der Waals surface area contributed by atoms with Gasteiger partial charge in [-0.15, -0.1) is 0 Å². The molecule has 0 atom stereocenters. The van der Waals surface area contributed by atoms with Crippen molar-refractivity contribution >= 4 is 23.1 Å². The predicted molar refractivity (Wildman–Crippen MR) is 95.7 cm³/mol. The van der Waals surface area contributed by atoms with Crippen molar-refractivity contribution in [1.82, 2.24) is 9.97 Å². The van der Waals surface area contributed by atoms with E-state index < -0.39 is 0 Å². The van der Waals surface area contributed by atoms with E-state index in [2.05, 4.69) is 26.7 Å². The Morgan fingerprint density at radius 1 is 0.917 bits per heavy atom. The van der Waals surface area contributed by atoms with Gasteiger partial charge in [-0.25, -0.2) is 4.98 Å². The van der Waals surface area contributed by atoms with Gasteiger partial charge in [-0.1, -0.05) is 18.2 Å². The van der Waals surface area contributed by atoms with Gasteiger partial charge >= 0.3 is 0 Å². The van der Waals surface area contributed by atoms with E-state index in [-0.39, 0.29) is 0 Å². The van der Waals surface area contributed by atoms with Crippen molar-refractivity contribution in [2.45, 2.75) is 13.8 Å². The Morgan fingerprint density at radius 3 is 2.38 bits per heavy atom. The summed E-state index contributed by atoms with van der Waals surface area (Å²) < 4.78 is 0. The van der Waals surface area contributed by atoms with Crippen LogP contribution in [0.15, 0.2) is 54.6 Å². The summed E-state index contributed by atoms with van der Waals surface area (Å²) in [6.07, 6.45) is 0. The normalized spacial score (nSPS) is 10.0. The van der Waals surface area contributed by atoms with Crippen LogP contribution in [0.5, 0.6) is 0 Å². The van der Waals surface area contributed by atoms with Crippen LogP contribution in [0.2, 0.25) is 0 Å². The smallest absolute Gasteiger partial charge is 0.229 e. The van der Waals surface area contributed by atoms with Crippen molar-refractivity contribution in [1.29, 1.82) is 5.26 Å². The van der Waals surface area contributed by atoms with Crippen molar-refractivity contribution < 1.29 is 0 Å². The predicted octanol–water partition coefficient (Wildman–Crippen LogP) is 4.45. The SMILES string of the molecule is Cc1cc(Nc2ccc(C#N)cc2)nc(Nc2ccccc2C)n1. The molecule has 0 saturated carbocycles. The van der Waals surface area contributed by atoms with Gasteiger partial charge in [0.25, 0.3) is 0 Å². The van der Waals surface area contributed by atoms with Gasteiger partial charge in [0.1, 0.15) is 5.82 Å². The number of hydrogen-bond acceptors (Lipinski definition) is 5. The summed E-state index contributed by atoms with van der Waals surface area (Å²) in [5.41, 5.74) is 4.46. The molecular weight excluding hydrogens is 298 g/mol. The van der Waals surface area contributed by atoms with Crippen LogP contribution in [0.1, 0.15) is 16.8 Å². The van der Waals surface area contributed by atoms with E-state index in [1.54, 1.807) is 12.1 Å². The van der Waals surface area contributed by atoms with Crippen LogP contribution in [0.4, 0.5) is 23.1 Å². The van der Waals surface area contributed by atoms with Crippen LogP contribution in [0.3, 0.4) is 0 Å². The maximum absolute atomic E-state index is 8.85. The number of aromatic nitrogens is 2. The summed E-state index contributed by atoms with van der Waals surface area (Å²) in [4.78, 5) is 8.94. The summed E-state index contributed by atoms with van der Waals surface area (Å²) in [5.74, 6) is 1.24. The minimum atomic E-state index is 0.542. The van der Waals surface area contributed by atoms with E-state index in [0.29, 0.717) is 17.3 Å². The highest BCUT2D eigenvalue weighted by molar-refractivity contribution is 5.62. The number of nitrogens with one attached hydrogen (secondary N) is 2. The highest BCUT2D eigenvalue weighted by Gasteiger charge is 2.05. The Hall–Kier alpha value is -3.39. The Labute approximate surface area is 141 Å². The van der Waals surface area contributed by atoms with Crippen LogP contribution in [-0.2, 0) is 0 Å². The number of para-hydroxylation sites is 1. The van der Waals surface area contributed by atoms with E-state index in [0.717, 1.165) is 22.6 Å². The second-order valence-electron chi connectivity index (χ2n) is 5.47. The molecule has 0 aliphatic heterocycles. The maximum Gasteiger partial charge on any atom is 0.229 e. The molecule has 0 radical (unpaired) electrons. The fraction of sp³-hybridized carbons (Fsp3) is 0.105. The lowest BCUT2D eigenvalue weighted by atomic mass is 10.2. The lowest BCUT2D eigenvalue weighted by molar-refractivity contribution is 1.10. The maximum atomic E-state index is 8.85. The van der Waals surface area contributed by atoms with Gasteiger partial charge in [0.15, 0.2) is 0 Å². The van der Waals surface area contributed by atoms with Crippen LogP contribution >= 0.6 is 0 Å². The summed E-state index contributed by atoms with van der Waals surface area (Å²) in [6, 6.07) is 19.2. The molecule has 1 heterocycles. The van der Waals surface area contributed by atoms with Crippen LogP contribution in [-0.4, -0.2) is 9.97 Å². The zero-order chi connectivity index (χ0) is 16.9. The second-order valence-corrected chi connectivity index (χ2v) is 5.47. The average molecular weight is 315 g/mol. The largest absolute Gasteiger partial charge is 0.340 e. The van der Waals surface area contributed by atoms with Crippen molar-refractivity contribution in [3.8, 4) is 6.07 Å². The highest BCUT2D eigenvalue weighted by Crippen LogP contribution is 2.21. The number of aryl methyl sites for hydroxylation is 2. The van der Waals surface area contributed by atoms with Crippen LogP contribution < -0.4 is 10.6 Å². The van der Waals surface area contributed by atoms with Crippen molar-refractivity contribution in [3.63, 3.8) is 0 Å². The molecule has 0 aliphatic rings. The third kappa shape index (κ3) is 3.68. The van der Waals surface area contributed by atoms with E-state index in [1.165, 1.54) is 0 Å². The summed E-state index contributed by atoms with van der Waals surface area (Å²) >= 11 is 0. The third-order valence-corrected chi connectivity index (χ3v) is 3.53. The van der Waals surface area contributed by atoms with Crippen LogP contribution in [0.25, 0.3) is 0 Å². The van der Waals surface area contributed by atoms with Gasteiger partial charge in [0.2, 0.25) is 5.95 Å². The molecule has 3 aromatic rings. The molecule has 5 heteroatoms. The molecule has 0 aliphatic carbocycles. The molecule has 0 spiro atoms. The molecule has 0 fully saturated rings. The van der Waals surface area contributed by atoms with E-state index >= 15 is 0 Å². The minimum Gasteiger partial charge on any atom is -0.340 e. The fourth-order valence-corrected chi connectivity index (χ4v) is 2.30. The molecule has 24 heavy (non-hydrogen) atoms. The Kier molecular flexibility index (Phi) is 4.39. The van der Waals surface area contributed by atoms with Gasteiger partial charge in [0.05, 0.1) is 11.6 Å². The van der Waals surface area contributed by atoms with Gasteiger partial charge in [-0.2, -0.15) is 10.2 Å². The zero-order valence-electron chi connectivity index (χ0n) is 13.5. The van der Waals surface area contributed by atoms with E-state index in [9.17, 15) is 0 Å². The van der Waals surface area contributed by atoms with Gasteiger partial charge in [-0.05, 0) is 49.7 Å². The third-order valence-electron chi connectivity index (χ3n) is 3.53. The Morgan fingerprint density at radius 2 is 1.67 bits per heavy atom. The number of anilines is 4. The molecule has 5 nitrogen and oxygen atoms in total. The zero-order valence-corrected chi connectivity index (χ0v) is 13.5. The topological polar surface area (TPSA) is 73.6 Å². The number of nitrogens with zero attached hydrogens (tertiary/aromatic N) is 3. The molecule has 2 N–H and O–H groups in total. The molecule has 1 aromatic heterocycles. The summed E-state index contributed by atoms with van der Waals surface area (Å²) in [6.45, 7) is 3.96. The first kappa shape index (κ1) is 15.5. The molecular formula is C19H17N5. The van der Waals surface area contributed by atoms with Gasteiger partial charge in [0, 0.05) is 23.1 Å². The van der Waals surface area contributed by atoms with E-state index in [4.69, 9.17) is 5.26 Å². The van der Waals surface area contributed by atoms with Crippen molar-refractivity contribution in [3.05, 3.63) is 71.4 Å². The Bertz CT molecular complexity index is 894. The second kappa shape index (κ2) is 6.80. The molecule has 0 bridgehead atoms. The fourth-order valence-electron chi connectivity index (χ4n) is 2.30. The number of nitriles is 1. The highest BCUT2D eigenvalue weighted by atomic mass is 15.1. The number of rotatable bonds is 4. The van der Waals surface area contributed by atoms with Gasteiger partial charge < -0.3 is 10.6 Å². The summed E-state index contributed by atoms with van der Waals surface area (Å²) in [7, 11) is 0. The lowest BCUT2D eigenvalue weighted by Gasteiger charge is -2.11. The molecule has 3 rings (SSSR count).